The maximum Gasteiger partial charge on any atom is 0.289 e. The molecule has 3 rings (SSSR count). The summed E-state index contributed by atoms with van der Waals surface area (Å²) in [6.07, 6.45) is 3.98. The standard InChI is InChI=1S/C20H26N4O/c1-6-15(7-2)21-19-16-8-9-24(18(16)20(25)23-22-19)17-13(4)10-12(3)11-14(17)5/h8-11,15H,6-7H2,1-5H3,(H,21,22)(H,23,25). The van der Waals surface area contributed by atoms with Gasteiger partial charge < -0.3 is 9.88 Å². The van der Waals surface area contributed by atoms with Crippen molar-refractivity contribution >= 4 is 16.7 Å². The van der Waals surface area contributed by atoms with Crippen LogP contribution in [0, 0.1) is 20.8 Å². The molecule has 0 amide bonds. The Labute approximate surface area is 148 Å². The minimum atomic E-state index is -0.172. The first-order valence-corrected chi connectivity index (χ1v) is 8.90. The van der Waals surface area contributed by atoms with Crippen LogP contribution >= 0.6 is 0 Å². The predicted octanol–water partition coefficient (Wildman–Crippen LogP) is 4.24. The number of H-pyrrole nitrogens is 1. The maximum atomic E-state index is 12.5. The maximum absolute atomic E-state index is 12.5. The highest BCUT2D eigenvalue weighted by Crippen LogP contribution is 2.27. The molecule has 2 N–H and O–H groups in total. The summed E-state index contributed by atoms with van der Waals surface area (Å²) in [4.78, 5) is 12.5. The molecule has 0 fully saturated rings. The lowest BCUT2D eigenvalue weighted by atomic mass is 10.0. The van der Waals surface area contributed by atoms with Crippen molar-refractivity contribution in [2.24, 2.45) is 0 Å². The van der Waals surface area contributed by atoms with Gasteiger partial charge in [-0.15, -0.1) is 0 Å². The summed E-state index contributed by atoms with van der Waals surface area (Å²) in [6.45, 7) is 10.5. The van der Waals surface area contributed by atoms with E-state index < -0.39 is 0 Å². The van der Waals surface area contributed by atoms with Gasteiger partial charge in [0.2, 0.25) is 0 Å². The van der Waals surface area contributed by atoms with E-state index in [1.165, 1.54) is 5.56 Å². The van der Waals surface area contributed by atoms with Gasteiger partial charge in [-0.25, -0.2) is 5.10 Å². The SMILES string of the molecule is CCC(CC)Nc1n[nH]c(=O)c2c1ccn2-c1c(C)cc(C)cc1C. The van der Waals surface area contributed by atoms with Crippen molar-refractivity contribution < 1.29 is 0 Å². The van der Waals surface area contributed by atoms with E-state index in [0.717, 1.165) is 40.9 Å². The summed E-state index contributed by atoms with van der Waals surface area (Å²) in [5.74, 6) is 0.740. The molecule has 0 unspecified atom stereocenters. The zero-order valence-corrected chi connectivity index (χ0v) is 15.6. The largest absolute Gasteiger partial charge is 0.365 e. The van der Waals surface area contributed by atoms with Gasteiger partial charge in [-0.3, -0.25) is 4.79 Å². The molecule has 1 aromatic carbocycles. The number of hydrogen-bond acceptors (Lipinski definition) is 3. The van der Waals surface area contributed by atoms with Crippen LogP contribution in [-0.4, -0.2) is 20.8 Å². The second kappa shape index (κ2) is 6.75. The summed E-state index contributed by atoms with van der Waals surface area (Å²) < 4.78 is 1.98. The van der Waals surface area contributed by atoms with Gasteiger partial charge in [0, 0.05) is 17.6 Å². The summed E-state index contributed by atoms with van der Waals surface area (Å²) in [6, 6.07) is 6.61. The Bertz CT molecular complexity index is 940. The first kappa shape index (κ1) is 17.3. The van der Waals surface area contributed by atoms with Crippen LogP contribution in [0.2, 0.25) is 0 Å². The topological polar surface area (TPSA) is 62.7 Å². The van der Waals surface area contributed by atoms with Crippen molar-refractivity contribution in [3.63, 3.8) is 0 Å². The van der Waals surface area contributed by atoms with E-state index >= 15 is 0 Å². The molecule has 0 saturated carbocycles. The van der Waals surface area contributed by atoms with Gasteiger partial charge in [-0.1, -0.05) is 31.5 Å². The van der Waals surface area contributed by atoms with Crippen molar-refractivity contribution in [1.82, 2.24) is 14.8 Å². The quantitative estimate of drug-likeness (QED) is 0.731. The lowest BCUT2D eigenvalue weighted by Gasteiger charge is -2.16. The van der Waals surface area contributed by atoms with Gasteiger partial charge in [-0.2, -0.15) is 5.10 Å². The highest BCUT2D eigenvalue weighted by Gasteiger charge is 2.16. The number of benzene rings is 1. The van der Waals surface area contributed by atoms with Gasteiger partial charge >= 0.3 is 0 Å². The molecule has 2 heterocycles. The van der Waals surface area contributed by atoms with E-state index in [0.29, 0.717) is 11.6 Å². The molecule has 0 aliphatic heterocycles. The van der Waals surface area contributed by atoms with E-state index in [2.05, 4.69) is 62.3 Å². The molecule has 5 nitrogen and oxygen atoms in total. The molecule has 132 valence electrons. The molecule has 0 atom stereocenters. The Hall–Kier alpha value is -2.56. The molecule has 0 aliphatic rings. The van der Waals surface area contributed by atoms with Gasteiger partial charge in [0.15, 0.2) is 5.82 Å². The van der Waals surface area contributed by atoms with Crippen molar-refractivity contribution in [3.05, 3.63) is 51.4 Å². The van der Waals surface area contributed by atoms with Crippen molar-refractivity contribution in [3.8, 4) is 5.69 Å². The molecule has 2 aromatic heterocycles. The number of aromatic amines is 1. The summed E-state index contributed by atoms with van der Waals surface area (Å²) in [5, 5.41) is 11.2. The van der Waals surface area contributed by atoms with Crippen LogP contribution in [0.15, 0.2) is 29.2 Å². The van der Waals surface area contributed by atoms with Crippen molar-refractivity contribution in [2.45, 2.75) is 53.5 Å². The number of hydrogen-bond donors (Lipinski definition) is 2. The number of nitrogens with one attached hydrogen (secondary N) is 2. The summed E-state index contributed by atoms with van der Waals surface area (Å²) >= 11 is 0. The zero-order valence-electron chi connectivity index (χ0n) is 15.6. The van der Waals surface area contributed by atoms with Gasteiger partial charge in [-0.05, 0) is 50.8 Å². The average Bonchev–Trinajstić information content (AvgIpc) is 2.99. The Morgan fingerprint density at radius 1 is 1.16 bits per heavy atom. The van der Waals surface area contributed by atoms with Gasteiger partial charge in [0.05, 0.1) is 5.69 Å². The normalized spacial score (nSPS) is 11.4. The molecule has 0 bridgehead atoms. The molecule has 5 heteroatoms. The highest BCUT2D eigenvalue weighted by molar-refractivity contribution is 5.90. The van der Waals surface area contributed by atoms with Gasteiger partial charge in [0.25, 0.3) is 5.56 Å². The van der Waals surface area contributed by atoms with Crippen molar-refractivity contribution in [1.29, 1.82) is 0 Å². The Morgan fingerprint density at radius 3 is 2.40 bits per heavy atom. The van der Waals surface area contributed by atoms with E-state index in [1.807, 2.05) is 16.8 Å². The lowest BCUT2D eigenvalue weighted by molar-refractivity contribution is 0.667. The average molecular weight is 338 g/mol. The number of aromatic nitrogens is 3. The minimum absolute atomic E-state index is 0.172. The first-order chi connectivity index (χ1) is 12.0. The zero-order chi connectivity index (χ0) is 18.1. The van der Waals surface area contributed by atoms with Crippen LogP contribution < -0.4 is 10.9 Å². The van der Waals surface area contributed by atoms with E-state index in [-0.39, 0.29) is 5.56 Å². The second-order valence-electron chi connectivity index (χ2n) is 6.75. The molecular weight excluding hydrogens is 312 g/mol. The smallest absolute Gasteiger partial charge is 0.289 e. The van der Waals surface area contributed by atoms with Crippen LogP contribution in [0.3, 0.4) is 0 Å². The highest BCUT2D eigenvalue weighted by atomic mass is 16.1. The fraction of sp³-hybridized carbons (Fsp3) is 0.400. The fourth-order valence-corrected chi connectivity index (χ4v) is 3.61. The molecule has 0 saturated heterocycles. The molecule has 25 heavy (non-hydrogen) atoms. The predicted molar refractivity (Wildman–Crippen MR) is 104 cm³/mol. The number of rotatable bonds is 5. The number of fused-ring (bicyclic) bond motifs is 1. The van der Waals surface area contributed by atoms with Crippen LogP contribution in [0.4, 0.5) is 5.82 Å². The van der Waals surface area contributed by atoms with Crippen molar-refractivity contribution in [2.75, 3.05) is 5.32 Å². The monoisotopic (exact) mass is 338 g/mol. The third-order valence-corrected chi connectivity index (χ3v) is 4.83. The number of anilines is 1. The van der Waals surface area contributed by atoms with E-state index in [1.54, 1.807) is 0 Å². The lowest BCUT2D eigenvalue weighted by Crippen LogP contribution is -2.21. The molecule has 0 radical (unpaired) electrons. The van der Waals surface area contributed by atoms with Gasteiger partial charge in [0.1, 0.15) is 5.52 Å². The molecule has 0 spiro atoms. The first-order valence-electron chi connectivity index (χ1n) is 8.90. The Morgan fingerprint density at radius 2 is 1.80 bits per heavy atom. The summed E-state index contributed by atoms with van der Waals surface area (Å²) in [7, 11) is 0. The van der Waals surface area contributed by atoms with Crippen LogP contribution in [0.25, 0.3) is 16.6 Å². The minimum Gasteiger partial charge on any atom is -0.365 e. The second-order valence-corrected chi connectivity index (χ2v) is 6.75. The van der Waals surface area contributed by atoms with E-state index in [9.17, 15) is 4.79 Å². The molecular formula is C20H26N4O. The summed E-state index contributed by atoms with van der Waals surface area (Å²) in [5.41, 5.74) is 5.06. The third-order valence-electron chi connectivity index (χ3n) is 4.83. The van der Waals surface area contributed by atoms with Crippen LogP contribution in [0.1, 0.15) is 43.4 Å². The third kappa shape index (κ3) is 3.06. The van der Waals surface area contributed by atoms with Crippen LogP contribution in [-0.2, 0) is 0 Å². The number of nitrogens with zero attached hydrogens (tertiary/aromatic N) is 2. The Balaban J connectivity index is 2.22. The Kier molecular flexibility index (Phi) is 4.66. The number of aryl methyl sites for hydroxylation is 3. The molecule has 0 aliphatic carbocycles. The van der Waals surface area contributed by atoms with E-state index in [4.69, 9.17) is 0 Å². The van der Waals surface area contributed by atoms with Crippen LogP contribution in [0.5, 0.6) is 0 Å². The fourth-order valence-electron chi connectivity index (χ4n) is 3.61. The molecule has 3 aromatic rings.